The van der Waals surface area contributed by atoms with Crippen LogP contribution in [0.5, 0.6) is 0 Å². The average molecular weight is 283 g/mol. The zero-order valence-corrected chi connectivity index (χ0v) is 12.0. The molecule has 0 spiro atoms. The zero-order chi connectivity index (χ0) is 13.7. The van der Waals surface area contributed by atoms with E-state index in [2.05, 4.69) is 10.1 Å². The zero-order valence-electron chi connectivity index (χ0n) is 11.2. The second-order valence-electron chi connectivity index (χ2n) is 4.82. The van der Waals surface area contributed by atoms with Crippen LogP contribution in [0.15, 0.2) is 29.2 Å². The highest BCUT2D eigenvalue weighted by Crippen LogP contribution is 2.14. The molecule has 1 fully saturated rings. The van der Waals surface area contributed by atoms with Crippen LogP contribution in [-0.4, -0.2) is 33.6 Å². The van der Waals surface area contributed by atoms with Gasteiger partial charge < -0.3 is 5.32 Å². The van der Waals surface area contributed by atoms with Crippen molar-refractivity contribution in [3.05, 3.63) is 29.8 Å². The summed E-state index contributed by atoms with van der Waals surface area (Å²) in [6, 6.07) is 7.03. The van der Waals surface area contributed by atoms with Crippen molar-refractivity contribution in [2.75, 3.05) is 20.1 Å². The number of sulfonamides is 1. The maximum absolute atomic E-state index is 12.3. The Morgan fingerprint density at radius 3 is 2.63 bits per heavy atom. The highest BCUT2D eigenvalue weighted by atomic mass is 32.2. The first-order valence-electron chi connectivity index (χ1n) is 6.63. The Balaban J connectivity index is 2.11. The molecule has 19 heavy (non-hydrogen) atoms. The van der Waals surface area contributed by atoms with Crippen molar-refractivity contribution in [1.29, 1.82) is 0 Å². The third-order valence-electron chi connectivity index (χ3n) is 3.19. The minimum Gasteiger partial charge on any atom is -0.316 e. The molecule has 1 aromatic carbocycles. The predicted octanol–water partition coefficient (Wildman–Crippen LogP) is 1.09. The molecule has 6 heteroatoms. The second kappa shape index (κ2) is 6.47. The monoisotopic (exact) mass is 283 g/mol. The van der Waals surface area contributed by atoms with Crippen LogP contribution < -0.4 is 10.1 Å². The highest BCUT2D eigenvalue weighted by Gasteiger charge is 2.19. The van der Waals surface area contributed by atoms with Crippen molar-refractivity contribution in [3.63, 3.8) is 0 Å². The number of benzene rings is 1. The summed E-state index contributed by atoms with van der Waals surface area (Å²) < 4.78 is 24.6. The quantitative estimate of drug-likeness (QED) is 0.849. The average Bonchev–Trinajstić information content (AvgIpc) is 2.40. The van der Waals surface area contributed by atoms with Crippen LogP contribution in [0, 0.1) is 0 Å². The molecular formula is C13H21N3O2S. The van der Waals surface area contributed by atoms with Gasteiger partial charge in [0.25, 0.3) is 10.0 Å². The molecule has 5 nitrogen and oxygen atoms in total. The van der Waals surface area contributed by atoms with Gasteiger partial charge in [0.15, 0.2) is 0 Å². The Bertz CT molecular complexity index is 510. The number of nitrogens with one attached hydrogen (secondary N) is 2. The molecule has 0 atom stereocenters. The van der Waals surface area contributed by atoms with Gasteiger partial charge in [-0.15, -0.1) is 4.83 Å². The van der Waals surface area contributed by atoms with Crippen molar-refractivity contribution in [2.45, 2.75) is 30.7 Å². The summed E-state index contributed by atoms with van der Waals surface area (Å²) in [7, 11) is -1.61. The first-order chi connectivity index (χ1) is 9.12. The normalized spacial score (nSPS) is 17.5. The van der Waals surface area contributed by atoms with E-state index in [-0.39, 0.29) is 0 Å². The Morgan fingerprint density at radius 1 is 1.21 bits per heavy atom. The first-order valence-corrected chi connectivity index (χ1v) is 8.11. The first kappa shape index (κ1) is 14.5. The van der Waals surface area contributed by atoms with E-state index in [9.17, 15) is 8.42 Å². The van der Waals surface area contributed by atoms with Crippen LogP contribution >= 0.6 is 0 Å². The van der Waals surface area contributed by atoms with Crippen LogP contribution in [0.3, 0.4) is 0 Å². The summed E-state index contributed by atoms with van der Waals surface area (Å²) >= 11 is 0. The molecule has 0 aliphatic carbocycles. The molecule has 0 radical (unpaired) electrons. The molecule has 2 N–H and O–H groups in total. The minimum absolute atomic E-state index is 0.325. The van der Waals surface area contributed by atoms with E-state index >= 15 is 0 Å². The Labute approximate surface area is 115 Å². The standard InChI is InChI=1S/C13H21N3O2S/c1-14-11-12-6-5-7-13(10-12)19(17,18)15-16-8-3-2-4-9-16/h5-7,10,14-15H,2-4,8-9,11H2,1H3. The summed E-state index contributed by atoms with van der Waals surface area (Å²) in [5, 5.41) is 4.81. The number of hydrogen-bond donors (Lipinski definition) is 2. The van der Waals surface area contributed by atoms with Gasteiger partial charge in [0, 0.05) is 19.6 Å². The predicted molar refractivity (Wildman–Crippen MR) is 75.0 cm³/mol. The van der Waals surface area contributed by atoms with Crippen molar-refractivity contribution in [3.8, 4) is 0 Å². The van der Waals surface area contributed by atoms with Crippen molar-refractivity contribution in [2.24, 2.45) is 0 Å². The molecule has 0 aromatic heterocycles. The highest BCUT2D eigenvalue weighted by molar-refractivity contribution is 7.89. The van der Waals surface area contributed by atoms with E-state index in [1.165, 1.54) is 6.42 Å². The largest absolute Gasteiger partial charge is 0.316 e. The maximum Gasteiger partial charge on any atom is 0.253 e. The summed E-state index contributed by atoms with van der Waals surface area (Å²) in [5.74, 6) is 0. The van der Waals surface area contributed by atoms with E-state index in [0.29, 0.717) is 11.4 Å². The number of nitrogens with zero attached hydrogens (tertiary/aromatic N) is 1. The number of piperidine rings is 1. The van der Waals surface area contributed by atoms with Gasteiger partial charge in [-0.3, -0.25) is 0 Å². The molecule has 1 aromatic rings. The lowest BCUT2D eigenvalue weighted by molar-refractivity contribution is 0.200. The second-order valence-corrected chi connectivity index (χ2v) is 6.48. The van der Waals surface area contributed by atoms with Crippen LogP contribution in [-0.2, 0) is 16.6 Å². The fraction of sp³-hybridized carbons (Fsp3) is 0.538. The van der Waals surface area contributed by atoms with E-state index in [4.69, 9.17) is 0 Å². The lowest BCUT2D eigenvalue weighted by Crippen LogP contribution is -2.44. The lowest BCUT2D eigenvalue weighted by Gasteiger charge is -2.26. The number of hydrazine groups is 1. The fourth-order valence-corrected chi connectivity index (χ4v) is 3.43. The Morgan fingerprint density at radius 2 is 1.95 bits per heavy atom. The van der Waals surface area contributed by atoms with Crippen LogP contribution in [0.4, 0.5) is 0 Å². The van der Waals surface area contributed by atoms with Crippen LogP contribution in [0.2, 0.25) is 0 Å². The molecule has 1 saturated heterocycles. The van der Waals surface area contributed by atoms with E-state index < -0.39 is 10.0 Å². The molecule has 1 heterocycles. The van der Waals surface area contributed by atoms with Gasteiger partial charge in [0.05, 0.1) is 4.90 Å². The van der Waals surface area contributed by atoms with Crippen LogP contribution in [0.25, 0.3) is 0 Å². The van der Waals surface area contributed by atoms with Gasteiger partial charge >= 0.3 is 0 Å². The molecule has 0 bridgehead atoms. The Kier molecular flexibility index (Phi) is 4.93. The smallest absolute Gasteiger partial charge is 0.253 e. The fourth-order valence-electron chi connectivity index (χ4n) is 2.23. The third-order valence-corrected chi connectivity index (χ3v) is 4.57. The van der Waals surface area contributed by atoms with E-state index in [1.807, 2.05) is 13.1 Å². The maximum atomic E-state index is 12.3. The van der Waals surface area contributed by atoms with Crippen LogP contribution in [0.1, 0.15) is 24.8 Å². The molecule has 1 aliphatic rings. The third kappa shape index (κ3) is 4.01. The topological polar surface area (TPSA) is 61.4 Å². The summed E-state index contributed by atoms with van der Waals surface area (Å²) in [5.41, 5.74) is 0.962. The number of rotatable bonds is 5. The molecule has 106 valence electrons. The minimum atomic E-state index is -3.45. The summed E-state index contributed by atoms with van der Waals surface area (Å²) in [4.78, 5) is 2.99. The van der Waals surface area contributed by atoms with E-state index in [0.717, 1.165) is 31.5 Å². The number of hydrogen-bond acceptors (Lipinski definition) is 4. The molecule has 0 saturated carbocycles. The molecule has 1 aliphatic heterocycles. The van der Waals surface area contributed by atoms with Gasteiger partial charge in [0.2, 0.25) is 0 Å². The summed E-state index contributed by atoms with van der Waals surface area (Å²) in [6.45, 7) is 2.23. The molecular weight excluding hydrogens is 262 g/mol. The van der Waals surface area contributed by atoms with Gasteiger partial charge in [-0.2, -0.15) is 0 Å². The molecule has 2 rings (SSSR count). The Hall–Kier alpha value is -0.950. The SMILES string of the molecule is CNCc1cccc(S(=O)(=O)NN2CCCCC2)c1. The lowest BCUT2D eigenvalue weighted by atomic mass is 10.2. The van der Waals surface area contributed by atoms with E-state index in [1.54, 1.807) is 23.2 Å². The van der Waals surface area contributed by atoms with Crippen molar-refractivity contribution in [1.82, 2.24) is 15.2 Å². The van der Waals surface area contributed by atoms with Gasteiger partial charge in [-0.1, -0.05) is 18.6 Å². The van der Waals surface area contributed by atoms with Crippen molar-refractivity contribution >= 4 is 10.0 Å². The summed E-state index contributed by atoms with van der Waals surface area (Å²) in [6.07, 6.45) is 3.26. The molecule has 0 unspecified atom stereocenters. The van der Waals surface area contributed by atoms with Gasteiger partial charge in [-0.05, 0) is 37.6 Å². The van der Waals surface area contributed by atoms with Gasteiger partial charge in [0.1, 0.15) is 0 Å². The van der Waals surface area contributed by atoms with Crippen molar-refractivity contribution < 1.29 is 8.42 Å². The van der Waals surface area contributed by atoms with Gasteiger partial charge in [-0.25, -0.2) is 13.4 Å². The molecule has 0 amide bonds.